The molecule has 1 aliphatic rings. The first kappa shape index (κ1) is 12.4. The summed E-state index contributed by atoms with van der Waals surface area (Å²) in [5.74, 6) is -0.0933. The van der Waals surface area contributed by atoms with Gasteiger partial charge in [0.25, 0.3) is 5.91 Å². The van der Waals surface area contributed by atoms with Crippen molar-refractivity contribution >= 4 is 17.4 Å². The van der Waals surface area contributed by atoms with E-state index in [2.05, 4.69) is 20.2 Å². The number of aryl methyl sites for hydroxylation is 1. The lowest BCUT2D eigenvalue weighted by molar-refractivity contribution is 0.0735. The van der Waals surface area contributed by atoms with Crippen molar-refractivity contribution in [3.05, 3.63) is 10.6 Å². The van der Waals surface area contributed by atoms with Gasteiger partial charge in [0, 0.05) is 19.1 Å². The van der Waals surface area contributed by atoms with Gasteiger partial charge >= 0.3 is 0 Å². The van der Waals surface area contributed by atoms with Crippen LogP contribution in [0.15, 0.2) is 0 Å². The summed E-state index contributed by atoms with van der Waals surface area (Å²) in [4.78, 5) is 12.5. The van der Waals surface area contributed by atoms with Gasteiger partial charge in [0.2, 0.25) is 0 Å². The fourth-order valence-electron chi connectivity index (χ4n) is 1.66. The molecule has 0 aliphatic carbocycles. The van der Waals surface area contributed by atoms with E-state index in [9.17, 15) is 4.79 Å². The van der Waals surface area contributed by atoms with Crippen LogP contribution in [0.2, 0.25) is 0 Å². The SMILES string of the molecule is CCc1nnsc1C(=O)NCC1COCCN1. The zero-order chi connectivity index (χ0) is 12.1. The van der Waals surface area contributed by atoms with Crippen molar-refractivity contribution in [1.82, 2.24) is 20.2 Å². The van der Waals surface area contributed by atoms with Crippen molar-refractivity contribution in [2.45, 2.75) is 19.4 Å². The van der Waals surface area contributed by atoms with Crippen LogP contribution in [-0.4, -0.2) is 47.8 Å². The van der Waals surface area contributed by atoms with E-state index in [0.717, 1.165) is 36.8 Å². The number of ether oxygens (including phenoxy) is 1. The second-order valence-electron chi connectivity index (χ2n) is 3.84. The summed E-state index contributed by atoms with van der Waals surface area (Å²) in [5, 5.41) is 10.1. The number of morpholine rings is 1. The minimum Gasteiger partial charge on any atom is -0.378 e. The molecule has 0 bridgehead atoms. The fourth-order valence-corrected chi connectivity index (χ4v) is 2.33. The number of rotatable bonds is 4. The minimum atomic E-state index is -0.0933. The Kier molecular flexibility index (Phi) is 4.41. The zero-order valence-electron chi connectivity index (χ0n) is 9.73. The summed E-state index contributed by atoms with van der Waals surface area (Å²) < 4.78 is 9.11. The van der Waals surface area contributed by atoms with Gasteiger partial charge in [-0.15, -0.1) is 5.10 Å². The lowest BCUT2D eigenvalue weighted by atomic mass is 10.2. The lowest BCUT2D eigenvalue weighted by Crippen LogP contribution is -2.48. The molecule has 1 unspecified atom stereocenters. The number of nitrogens with one attached hydrogen (secondary N) is 2. The van der Waals surface area contributed by atoms with E-state index < -0.39 is 0 Å². The molecule has 0 saturated carbocycles. The molecule has 17 heavy (non-hydrogen) atoms. The monoisotopic (exact) mass is 256 g/mol. The molecule has 2 heterocycles. The highest BCUT2D eigenvalue weighted by atomic mass is 32.1. The maximum absolute atomic E-state index is 11.9. The Morgan fingerprint density at radius 1 is 1.71 bits per heavy atom. The van der Waals surface area contributed by atoms with Gasteiger partial charge in [-0.2, -0.15) is 0 Å². The van der Waals surface area contributed by atoms with Gasteiger partial charge in [0.15, 0.2) is 0 Å². The molecule has 1 atom stereocenters. The smallest absolute Gasteiger partial charge is 0.265 e. The van der Waals surface area contributed by atoms with Crippen molar-refractivity contribution in [2.75, 3.05) is 26.3 Å². The van der Waals surface area contributed by atoms with E-state index in [0.29, 0.717) is 18.0 Å². The molecule has 1 saturated heterocycles. The number of hydrogen-bond donors (Lipinski definition) is 2. The third kappa shape index (κ3) is 3.21. The highest BCUT2D eigenvalue weighted by Gasteiger charge is 2.17. The first-order valence-corrected chi connectivity index (χ1v) is 6.49. The summed E-state index contributed by atoms with van der Waals surface area (Å²) in [5.41, 5.74) is 0.764. The highest BCUT2D eigenvalue weighted by Crippen LogP contribution is 2.10. The Balaban J connectivity index is 1.84. The van der Waals surface area contributed by atoms with Crippen LogP contribution in [0, 0.1) is 0 Å². The normalized spacial score (nSPS) is 20.2. The number of nitrogens with zero attached hydrogens (tertiary/aromatic N) is 2. The van der Waals surface area contributed by atoms with Gasteiger partial charge in [-0.25, -0.2) is 0 Å². The number of aromatic nitrogens is 2. The molecule has 1 fully saturated rings. The van der Waals surface area contributed by atoms with E-state index in [4.69, 9.17) is 4.74 Å². The highest BCUT2D eigenvalue weighted by molar-refractivity contribution is 7.08. The molecule has 6 nitrogen and oxygen atoms in total. The van der Waals surface area contributed by atoms with Crippen LogP contribution in [-0.2, 0) is 11.2 Å². The number of hydrogen-bond acceptors (Lipinski definition) is 6. The molecule has 0 spiro atoms. The van der Waals surface area contributed by atoms with Crippen molar-refractivity contribution in [3.63, 3.8) is 0 Å². The second-order valence-corrected chi connectivity index (χ2v) is 4.59. The predicted octanol–water partition coefficient (Wildman–Crippen LogP) is -0.181. The zero-order valence-corrected chi connectivity index (χ0v) is 10.5. The van der Waals surface area contributed by atoms with Crippen molar-refractivity contribution in [2.24, 2.45) is 0 Å². The van der Waals surface area contributed by atoms with Gasteiger partial charge in [0.1, 0.15) is 4.88 Å². The standard InChI is InChI=1S/C10H16N4O2S/c1-2-8-9(17-14-13-8)10(15)12-5-7-6-16-4-3-11-7/h7,11H,2-6H2,1H3,(H,12,15). The third-order valence-electron chi connectivity index (χ3n) is 2.60. The molecule has 94 valence electrons. The molecule has 2 rings (SSSR count). The molecule has 1 aromatic heterocycles. The average molecular weight is 256 g/mol. The Hall–Kier alpha value is -1.05. The second kappa shape index (κ2) is 6.04. The molecule has 1 aliphatic heterocycles. The number of carbonyl (C=O) groups excluding carboxylic acids is 1. The Morgan fingerprint density at radius 2 is 2.59 bits per heavy atom. The molecule has 1 aromatic rings. The van der Waals surface area contributed by atoms with Crippen LogP contribution in [0.5, 0.6) is 0 Å². The summed E-state index contributed by atoms with van der Waals surface area (Å²) in [7, 11) is 0. The Bertz CT molecular complexity index is 376. The number of amides is 1. The maximum Gasteiger partial charge on any atom is 0.265 e. The number of carbonyl (C=O) groups is 1. The van der Waals surface area contributed by atoms with Gasteiger partial charge in [-0.3, -0.25) is 4.79 Å². The van der Waals surface area contributed by atoms with Gasteiger partial charge in [0.05, 0.1) is 18.9 Å². The molecule has 7 heteroatoms. The lowest BCUT2D eigenvalue weighted by Gasteiger charge is -2.23. The van der Waals surface area contributed by atoms with Gasteiger partial charge in [-0.05, 0) is 18.0 Å². The molecule has 0 radical (unpaired) electrons. The van der Waals surface area contributed by atoms with Crippen LogP contribution in [0.1, 0.15) is 22.3 Å². The van der Waals surface area contributed by atoms with E-state index in [-0.39, 0.29) is 11.9 Å². The summed E-state index contributed by atoms with van der Waals surface area (Å²) >= 11 is 1.14. The van der Waals surface area contributed by atoms with E-state index in [1.54, 1.807) is 0 Å². The quantitative estimate of drug-likeness (QED) is 0.781. The van der Waals surface area contributed by atoms with Crippen LogP contribution < -0.4 is 10.6 Å². The van der Waals surface area contributed by atoms with E-state index >= 15 is 0 Å². The largest absolute Gasteiger partial charge is 0.378 e. The summed E-state index contributed by atoms with van der Waals surface area (Å²) in [6.07, 6.45) is 0.726. The minimum absolute atomic E-state index is 0.0933. The predicted molar refractivity (Wildman–Crippen MR) is 64.2 cm³/mol. The van der Waals surface area contributed by atoms with E-state index in [1.165, 1.54) is 0 Å². The Labute approximate surface area is 104 Å². The van der Waals surface area contributed by atoms with Crippen molar-refractivity contribution in [1.29, 1.82) is 0 Å². The average Bonchev–Trinajstić information content (AvgIpc) is 2.85. The maximum atomic E-state index is 11.9. The summed E-state index contributed by atoms with van der Waals surface area (Å²) in [6.45, 7) is 4.75. The van der Waals surface area contributed by atoms with Crippen LogP contribution in [0.3, 0.4) is 0 Å². The topological polar surface area (TPSA) is 76.1 Å². The first-order chi connectivity index (χ1) is 8.31. The Morgan fingerprint density at radius 3 is 3.29 bits per heavy atom. The van der Waals surface area contributed by atoms with Crippen LogP contribution in [0.4, 0.5) is 0 Å². The molecular formula is C10H16N4O2S. The van der Waals surface area contributed by atoms with Gasteiger partial charge in [-0.1, -0.05) is 11.4 Å². The molecule has 0 aromatic carbocycles. The first-order valence-electron chi connectivity index (χ1n) is 5.71. The molecular weight excluding hydrogens is 240 g/mol. The third-order valence-corrected chi connectivity index (χ3v) is 3.37. The van der Waals surface area contributed by atoms with Crippen LogP contribution in [0.25, 0.3) is 0 Å². The fraction of sp³-hybridized carbons (Fsp3) is 0.700. The van der Waals surface area contributed by atoms with Gasteiger partial charge < -0.3 is 15.4 Å². The molecule has 2 N–H and O–H groups in total. The van der Waals surface area contributed by atoms with E-state index in [1.807, 2.05) is 6.92 Å². The van der Waals surface area contributed by atoms with Crippen molar-refractivity contribution in [3.8, 4) is 0 Å². The van der Waals surface area contributed by atoms with Crippen molar-refractivity contribution < 1.29 is 9.53 Å². The van der Waals surface area contributed by atoms with Crippen LogP contribution >= 0.6 is 11.5 Å². The molecule has 1 amide bonds. The summed E-state index contributed by atoms with van der Waals surface area (Å²) in [6, 6.07) is 0.193.